The zero-order valence-electron chi connectivity index (χ0n) is 23.5. The maximum absolute atomic E-state index is 2.62. The Morgan fingerprint density at radius 3 is 2.10 bits per heavy atom. The van der Waals surface area contributed by atoms with E-state index < -0.39 is 0 Å². The van der Waals surface area contributed by atoms with Gasteiger partial charge >= 0.3 is 0 Å². The van der Waals surface area contributed by atoms with Gasteiger partial charge < -0.3 is 4.57 Å². The molecule has 0 amide bonds. The van der Waals surface area contributed by atoms with Gasteiger partial charge in [0, 0.05) is 21.9 Å². The van der Waals surface area contributed by atoms with E-state index in [2.05, 4.69) is 108 Å². The predicted octanol–water partition coefficient (Wildman–Crippen LogP) is 10.2. The lowest BCUT2D eigenvalue weighted by Gasteiger charge is -2.61. The first-order chi connectivity index (χ1) is 20.3. The third-order valence-corrected chi connectivity index (χ3v) is 11.9. The molecule has 4 aromatic carbocycles. The van der Waals surface area contributed by atoms with Crippen LogP contribution in [-0.2, 0) is 5.41 Å². The SMILES string of the molecule is C1=C(c2ccccc2)CCC(n2c3ccccc3c3c4c(ccc32)-c2ccccc2C42C3CC4CC(C3)CC2C4)=C1. The van der Waals surface area contributed by atoms with E-state index in [1.807, 2.05) is 0 Å². The van der Waals surface area contributed by atoms with Crippen molar-refractivity contribution in [3.05, 3.63) is 120 Å². The zero-order chi connectivity index (χ0) is 26.7. The molecule has 1 heterocycles. The Labute approximate surface area is 242 Å². The van der Waals surface area contributed by atoms with E-state index in [4.69, 9.17) is 0 Å². The van der Waals surface area contributed by atoms with Gasteiger partial charge in [0.05, 0.1) is 11.0 Å². The lowest BCUT2D eigenvalue weighted by atomic mass is 9.43. The van der Waals surface area contributed by atoms with E-state index in [1.165, 1.54) is 76.5 Å². The highest BCUT2D eigenvalue weighted by molar-refractivity contribution is 6.15. The number of allylic oxidation sites excluding steroid dienone is 4. The van der Waals surface area contributed by atoms with Crippen LogP contribution >= 0.6 is 0 Å². The highest BCUT2D eigenvalue weighted by atomic mass is 15.0. The molecule has 5 aromatic rings. The molecule has 1 heteroatoms. The van der Waals surface area contributed by atoms with Crippen LogP contribution in [0.1, 0.15) is 61.6 Å². The summed E-state index contributed by atoms with van der Waals surface area (Å²) in [5.41, 5.74) is 13.6. The number of fused-ring (bicyclic) bond motifs is 7. The van der Waals surface area contributed by atoms with E-state index in [0.717, 1.165) is 36.5 Å². The van der Waals surface area contributed by atoms with E-state index in [9.17, 15) is 0 Å². The van der Waals surface area contributed by atoms with Crippen LogP contribution < -0.4 is 0 Å². The van der Waals surface area contributed by atoms with E-state index in [0.29, 0.717) is 0 Å². The van der Waals surface area contributed by atoms with Crippen LogP contribution in [0.25, 0.3) is 44.2 Å². The van der Waals surface area contributed by atoms with Crippen LogP contribution in [0.2, 0.25) is 0 Å². The normalized spacial score (nSPS) is 29.2. The summed E-state index contributed by atoms with van der Waals surface area (Å²) in [5, 5.41) is 2.99. The fraction of sp³-hybridized carbons (Fsp3) is 0.300. The summed E-state index contributed by atoms with van der Waals surface area (Å²) in [7, 11) is 0. The Hall–Kier alpha value is -3.84. The molecule has 0 unspecified atom stereocenters. The smallest absolute Gasteiger partial charge is 0.0541 e. The molecule has 1 aromatic heterocycles. The van der Waals surface area contributed by atoms with Gasteiger partial charge in [-0.1, -0.05) is 84.9 Å². The van der Waals surface area contributed by atoms with Crippen LogP contribution in [0.3, 0.4) is 0 Å². The Bertz CT molecular complexity index is 1920. The van der Waals surface area contributed by atoms with Crippen molar-refractivity contribution in [1.29, 1.82) is 0 Å². The second-order valence-electron chi connectivity index (χ2n) is 13.7. The Morgan fingerprint density at radius 2 is 1.32 bits per heavy atom. The van der Waals surface area contributed by atoms with Crippen molar-refractivity contribution >= 4 is 33.1 Å². The number of hydrogen-bond donors (Lipinski definition) is 0. The number of hydrogen-bond acceptors (Lipinski definition) is 0. The van der Waals surface area contributed by atoms with Gasteiger partial charge in [-0.2, -0.15) is 0 Å². The third-order valence-electron chi connectivity index (χ3n) is 11.9. The van der Waals surface area contributed by atoms with Crippen LogP contribution in [-0.4, -0.2) is 4.57 Å². The maximum atomic E-state index is 2.62. The van der Waals surface area contributed by atoms with Crippen molar-refractivity contribution in [2.75, 3.05) is 0 Å². The van der Waals surface area contributed by atoms with Gasteiger partial charge in [-0.3, -0.25) is 0 Å². The molecule has 0 saturated heterocycles. The standard InChI is InChI=1S/C40H35N/c1-2-8-27(9-3-1)28-14-16-31(17-15-28)41-36-13-7-5-11-34(36)38-37(41)19-18-33-32-10-4-6-12-35(32)40(39(33)38)29-21-25-20-26(23-29)24-30(40)22-25/h1-14,16,18-19,25-26,29-30H,15,17,20-24H2. The molecule has 4 saturated carbocycles. The maximum Gasteiger partial charge on any atom is 0.0541 e. The predicted molar refractivity (Wildman–Crippen MR) is 171 cm³/mol. The van der Waals surface area contributed by atoms with Crippen molar-refractivity contribution in [3.63, 3.8) is 0 Å². The number of nitrogens with zero attached hydrogens (tertiary/aromatic N) is 1. The first-order valence-corrected chi connectivity index (χ1v) is 15.9. The molecule has 0 atom stereocenters. The molecule has 0 aliphatic heterocycles. The Balaban J connectivity index is 1.26. The average Bonchev–Trinajstić information content (AvgIpc) is 3.51. The van der Waals surface area contributed by atoms with Crippen LogP contribution in [0.15, 0.2) is 103 Å². The van der Waals surface area contributed by atoms with Crippen LogP contribution in [0.4, 0.5) is 0 Å². The van der Waals surface area contributed by atoms with Gasteiger partial charge in [-0.15, -0.1) is 0 Å². The minimum absolute atomic E-state index is 0.176. The summed E-state index contributed by atoms with van der Waals surface area (Å²) in [4.78, 5) is 0. The lowest BCUT2D eigenvalue weighted by molar-refractivity contribution is -0.0393. The molecule has 0 N–H and O–H groups in total. The van der Waals surface area contributed by atoms with Crippen molar-refractivity contribution in [2.24, 2.45) is 23.7 Å². The second kappa shape index (κ2) is 8.13. The Morgan fingerprint density at radius 1 is 0.585 bits per heavy atom. The Kier molecular flexibility index (Phi) is 4.52. The molecular weight excluding hydrogens is 494 g/mol. The molecule has 1 nitrogen and oxygen atoms in total. The van der Waals surface area contributed by atoms with Gasteiger partial charge in [-0.05, 0) is 120 Å². The van der Waals surface area contributed by atoms with Gasteiger partial charge in [0.25, 0.3) is 0 Å². The molecular formula is C40H35N. The van der Waals surface area contributed by atoms with Crippen molar-refractivity contribution in [2.45, 2.75) is 50.4 Å². The lowest BCUT2D eigenvalue weighted by Crippen LogP contribution is -2.55. The summed E-state index contributed by atoms with van der Waals surface area (Å²) < 4.78 is 2.62. The highest BCUT2D eigenvalue weighted by Gasteiger charge is 2.62. The van der Waals surface area contributed by atoms with Gasteiger partial charge in [-0.25, -0.2) is 0 Å². The quantitative estimate of drug-likeness (QED) is 0.214. The molecule has 0 radical (unpaired) electrons. The van der Waals surface area contributed by atoms with Crippen molar-refractivity contribution in [1.82, 2.24) is 4.57 Å². The fourth-order valence-electron chi connectivity index (χ4n) is 10.7. The minimum atomic E-state index is 0.176. The summed E-state index contributed by atoms with van der Waals surface area (Å²) >= 11 is 0. The van der Waals surface area contributed by atoms with E-state index >= 15 is 0 Å². The monoisotopic (exact) mass is 529 g/mol. The molecule has 11 rings (SSSR count). The second-order valence-corrected chi connectivity index (χ2v) is 13.7. The number of rotatable bonds is 2. The third kappa shape index (κ3) is 2.87. The van der Waals surface area contributed by atoms with Gasteiger partial charge in [0.15, 0.2) is 0 Å². The van der Waals surface area contributed by atoms with Gasteiger partial charge in [0.2, 0.25) is 0 Å². The molecule has 6 aliphatic rings. The number of aromatic nitrogens is 1. The van der Waals surface area contributed by atoms with E-state index in [-0.39, 0.29) is 5.41 Å². The summed E-state index contributed by atoms with van der Waals surface area (Å²) in [5.74, 6) is 3.47. The number of benzene rings is 4. The fourth-order valence-corrected chi connectivity index (χ4v) is 10.7. The minimum Gasteiger partial charge on any atom is -0.313 e. The summed E-state index contributed by atoms with van der Waals surface area (Å²) in [6.45, 7) is 0. The van der Waals surface area contributed by atoms with E-state index in [1.54, 1.807) is 16.5 Å². The zero-order valence-corrected chi connectivity index (χ0v) is 23.5. The summed E-state index contributed by atoms with van der Waals surface area (Å²) in [6, 6.07) is 34.7. The van der Waals surface area contributed by atoms with Gasteiger partial charge in [0.1, 0.15) is 0 Å². The average molecular weight is 530 g/mol. The first kappa shape index (κ1) is 22.8. The number of para-hydroxylation sites is 1. The van der Waals surface area contributed by atoms with Crippen molar-refractivity contribution in [3.8, 4) is 11.1 Å². The topological polar surface area (TPSA) is 4.93 Å². The largest absolute Gasteiger partial charge is 0.313 e. The molecule has 200 valence electrons. The van der Waals surface area contributed by atoms with Crippen molar-refractivity contribution < 1.29 is 0 Å². The van der Waals surface area contributed by atoms with Crippen LogP contribution in [0.5, 0.6) is 0 Å². The molecule has 1 spiro atoms. The molecule has 4 bridgehead atoms. The molecule has 6 aliphatic carbocycles. The first-order valence-electron chi connectivity index (χ1n) is 15.9. The summed E-state index contributed by atoms with van der Waals surface area (Å²) in [6.07, 6.45) is 14.1. The van der Waals surface area contributed by atoms with Crippen LogP contribution in [0, 0.1) is 23.7 Å². The highest BCUT2D eigenvalue weighted by Crippen LogP contribution is 2.70. The molecule has 4 fully saturated rings. The molecule has 41 heavy (non-hydrogen) atoms.